The Kier molecular flexibility index (Phi) is 3.81. The maximum atomic E-state index is 6.02. The molecule has 0 saturated heterocycles. The summed E-state index contributed by atoms with van der Waals surface area (Å²) in [5.74, 6) is 1.41. The van der Waals surface area contributed by atoms with Crippen LogP contribution in [0.5, 0.6) is 0 Å². The van der Waals surface area contributed by atoms with E-state index < -0.39 is 0 Å². The van der Waals surface area contributed by atoms with E-state index in [0.29, 0.717) is 10.9 Å². The molecule has 0 fully saturated rings. The van der Waals surface area contributed by atoms with E-state index >= 15 is 0 Å². The number of hydrogen-bond acceptors (Lipinski definition) is 2. The van der Waals surface area contributed by atoms with E-state index in [1.807, 2.05) is 25.2 Å². The summed E-state index contributed by atoms with van der Waals surface area (Å²) in [6.07, 6.45) is 0. The zero-order chi connectivity index (χ0) is 12.6. The van der Waals surface area contributed by atoms with Crippen molar-refractivity contribution in [1.82, 2.24) is 5.32 Å². The van der Waals surface area contributed by atoms with Crippen LogP contribution in [0.4, 0.5) is 0 Å². The van der Waals surface area contributed by atoms with Gasteiger partial charge in [-0.3, -0.25) is 0 Å². The van der Waals surface area contributed by atoms with Gasteiger partial charge in [0, 0.05) is 10.4 Å². The standard InChI is InChI=1S/C13H15BrClNO/c1-7(2)12(16-3)11-5-8-4-9(15)6-10(14)13(8)17-11/h4-7,12,16H,1-3H3. The van der Waals surface area contributed by atoms with Gasteiger partial charge in [0.05, 0.1) is 10.5 Å². The maximum Gasteiger partial charge on any atom is 0.148 e. The van der Waals surface area contributed by atoms with Crippen molar-refractivity contribution in [3.63, 3.8) is 0 Å². The number of rotatable bonds is 3. The SMILES string of the molecule is CNC(c1cc2cc(Cl)cc(Br)c2o1)C(C)C. The Morgan fingerprint density at radius 3 is 2.59 bits per heavy atom. The topological polar surface area (TPSA) is 25.2 Å². The molecule has 1 aromatic carbocycles. The molecule has 1 aromatic heterocycles. The molecule has 0 aliphatic carbocycles. The molecular formula is C13H15BrClNO. The first-order valence-electron chi connectivity index (χ1n) is 5.58. The predicted octanol–water partition coefficient (Wildman–Crippen LogP) is 4.77. The molecule has 1 N–H and O–H groups in total. The van der Waals surface area contributed by atoms with Crippen LogP contribution in [0.1, 0.15) is 25.6 Å². The van der Waals surface area contributed by atoms with Gasteiger partial charge in [-0.15, -0.1) is 0 Å². The van der Waals surface area contributed by atoms with Gasteiger partial charge in [-0.25, -0.2) is 0 Å². The van der Waals surface area contributed by atoms with E-state index in [2.05, 4.69) is 35.1 Å². The first-order valence-corrected chi connectivity index (χ1v) is 6.75. The summed E-state index contributed by atoms with van der Waals surface area (Å²) in [6, 6.07) is 6.03. The van der Waals surface area contributed by atoms with E-state index in [-0.39, 0.29) is 6.04 Å². The van der Waals surface area contributed by atoms with Crippen LogP contribution >= 0.6 is 27.5 Å². The zero-order valence-corrected chi connectivity index (χ0v) is 12.4. The summed E-state index contributed by atoms with van der Waals surface area (Å²) in [7, 11) is 1.94. The summed E-state index contributed by atoms with van der Waals surface area (Å²) in [4.78, 5) is 0. The van der Waals surface area contributed by atoms with Gasteiger partial charge in [-0.05, 0) is 47.1 Å². The summed E-state index contributed by atoms with van der Waals surface area (Å²) < 4.78 is 6.79. The van der Waals surface area contributed by atoms with Crippen molar-refractivity contribution in [2.75, 3.05) is 7.05 Å². The van der Waals surface area contributed by atoms with Crippen LogP contribution in [0.25, 0.3) is 11.0 Å². The maximum absolute atomic E-state index is 6.02. The third kappa shape index (κ3) is 2.51. The molecular weight excluding hydrogens is 302 g/mol. The lowest BCUT2D eigenvalue weighted by atomic mass is 10.0. The minimum absolute atomic E-state index is 0.216. The molecule has 0 aliphatic heterocycles. The Morgan fingerprint density at radius 2 is 2.00 bits per heavy atom. The van der Waals surface area contributed by atoms with Gasteiger partial charge in [0.15, 0.2) is 0 Å². The molecule has 1 heterocycles. The summed E-state index contributed by atoms with van der Waals surface area (Å²) in [5, 5.41) is 5.01. The summed E-state index contributed by atoms with van der Waals surface area (Å²) >= 11 is 9.49. The molecule has 2 rings (SSSR count). The van der Waals surface area contributed by atoms with Gasteiger partial charge in [0.25, 0.3) is 0 Å². The van der Waals surface area contributed by atoms with E-state index in [4.69, 9.17) is 16.0 Å². The van der Waals surface area contributed by atoms with Crippen LogP contribution in [-0.4, -0.2) is 7.05 Å². The number of halogens is 2. The number of hydrogen-bond donors (Lipinski definition) is 1. The van der Waals surface area contributed by atoms with Crippen molar-refractivity contribution in [2.24, 2.45) is 5.92 Å². The van der Waals surface area contributed by atoms with E-state index in [0.717, 1.165) is 21.2 Å². The second-order valence-corrected chi connectivity index (χ2v) is 5.76. The Hall–Kier alpha value is -0.510. The van der Waals surface area contributed by atoms with Crippen molar-refractivity contribution in [3.8, 4) is 0 Å². The number of fused-ring (bicyclic) bond motifs is 1. The number of benzene rings is 1. The second-order valence-electron chi connectivity index (χ2n) is 4.47. The van der Waals surface area contributed by atoms with Crippen molar-refractivity contribution in [2.45, 2.75) is 19.9 Å². The second kappa shape index (κ2) is 5.01. The third-order valence-electron chi connectivity index (χ3n) is 2.84. The highest BCUT2D eigenvalue weighted by Gasteiger charge is 2.19. The fourth-order valence-corrected chi connectivity index (χ4v) is 2.97. The lowest BCUT2D eigenvalue weighted by molar-refractivity contribution is 0.370. The van der Waals surface area contributed by atoms with Gasteiger partial charge >= 0.3 is 0 Å². The molecule has 92 valence electrons. The lowest BCUT2D eigenvalue weighted by Gasteiger charge is -2.17. The molecule has 0 radical (unpaired) electrons. The van der Waals surface area contributed by atoms with Crippen molar-refractivity contribution < 1.29 is 4.42 Å². The quantitative estimate of drug-likeness (QED) is 0.882. The largest absolute Gasteiger partial charge is 0.458 e. The van der Waals surface area contributed by atoms with Crippen LogP contribution in [0, 0.1) is 5.92 Å². The van der Waals surface area contributed by atoms with Crippen molar-refractivity contribution in [3.05, 3.63) is 33.5 Å². The van der Waals surface area contributed by atoms with Crippen molar-refractivity contribution in [1.29, 1.82) is 0 Å². The molecule has 0 saturated carbocycles. The van der Waals surface area contributed by atoms with Crippen LogP contribution in [0.2, 0.25) is 5.02 Å². The molecule has 2 aromatic rings. The van der Waals surface area contributed by atoms with Crippen molar-refractivity contribution >= 4 is 38.5 Å². The molecule has 2 nitrogen and oxygen atoms in total. The molecule has 17 heavy (non-hydrogen) atoms. The monoisotopic (exact) mass is 315 g/mol. The van der Waals surface area contributed by atoms with Crippen LogP contribution in [0.15, 0.2) is 27.1 Å². The molecule has 0 aliphatic rings. The Labute approximate surface area is 114 Å². The molecule has 4 heteroatoms. The summed E-state index contributed by atoms with van der Waals surface area (Å²) in [6.45, 7) is 4.33. The third-order valence-corrected chi connectivity index (χ3v) is 3.65. The average molecular weight is 317 g/mol. The molecule has 0 amide bonds. The predicted molar refractivity (Wildman–Crippen MR) is 75.6 cm³/mol. The first kappa shape index (κ1) is 12.9. The number of nitrogens with one attached hydrogen (secondary N) is 1. The molecule has 0 bridgehead atoms. The zero-order valence-electron chi connectivity index (χ0n) is 10.1. The fourth-order valence-electron chi connectivity index (χ4n) is 2.05. The van der Waals surface area contributed by atoms with Gasteiger partial charge in [0.1, 0.15) is 11.3 Å². The van der Waals surface area contributed by atoms with E-state index in [1.165, 1.54) is 0 Å². The smallest absolute Gasteiger partial charge is 0.148 e. The Bertz CT molecular complexity index is 535. The van der Waals surface area contributed by atoms with Gasteiger partial charge in [-0.2, -0.15) is 0 Å². The Morgan fingerprint density at radius 1 is 1.29 bits per heavy atom. The van der Waals surface area contributed by atoms with Gasteiger partial charge < -0.3 is 9.73 Å². The van der Waals surface area contributed by atoms with Gasteiger partial charge in [0.2, 0.25) is 0 Å². The normalized spacial score (nSPS) is 13.5. The average Bonchev–Trinajstić information content (AvgIpc) is 2.61. The molecule has 1 unspecified atom stereocenters. The van der Waals surface area contributed by atoms with Crippen LogP contribution in [-0.2, 0) is 0 Å². The highest BCUT2D eigenvalue weighted by molar-refractivity contribution is 9.10. The lowest BCUT2D eigenvalue weighted by Crippen LogP contribution is -2.20. The Balaban J connectivity index is 2.54. The van der Waals surface area contributed by atoms with Crippen LogP contribution in [0.3, 0.4) is 0 Å². The van der Waals surface area contributed by atoms with Crippen LogP contribution < -0.4 is 5.32 Å². The highest BCUT2D eigenvalue weighted by Crippen LogP contribution is 2.34. The fraction of sp³-hybridized carbons (Fsp3) is 0.385. The summed E-state index contributed by atoms with van der Waals surface area (Å²) in [5.41, 5.74) is 0.852. The van der Waals surface area contributed by atoms with E-state index in [1.54, 1.807) is 0 Å². The van der Waals surface area contributed by atoms with Gasteiger partial charge in [-0.1, -0.05) is 25.4 Å². The highest BCUT2D eigenvalue weighted by atomic mass is 79.9. The first-order chi connectivity index (χ1) is 8.02. The molecule has 1 atom stereocenters. The number of furan rings is 1. The minimum Gasteiger partial charge on any atom is -0.458 e. The minimum atomic E-state index is 0.216. The van der Waals surface area contributed by atoms with E-state index in [9.17, 15) is 0 Å². The molecule has 0 spiro atoms.